The Kier molecular flexibility index (Phi) is 8.21. The Morgan fingerprint density at radius 1 is 1.00 bits per heavy atom. The highest BCUT2D eigenvalue weighted by Crippen LogP contribution is 2.23. The van der Waals surface area contributed by atoms with Crippen molar-refractivity contribution in [1.29, 1.82) is 0 Å². The molecule has 0 saturated carbocycles. The monoisotopic (exact) mass is 508 g/mol. The lowest BCUT2D eigenvalue weighted by molar-refractivity contribution is 0.0954. The molecule has 0 heterocycles. The first kappa shape index (κ1) is 24.0. The van der Waals surface area contributed by atoms with Gasteiger partial charge in [0.05, 0.1) is 11.8 Å². The molecule has 7 nitrogen and oxygen atoms in total. The van der Waals surface area contributed by atoms with Gasteiger partial charge in [-0.05, 0) is 78.3 Å². The molecule has 0 fully saturated rings. The van der Waals surface area contributed by atoms with Gasteiger partial charge in [0.15, 0.2) is 0 Å². The van der Waals surface area contributed by atoms with Crippen molar-refractivity contribution in [3.05, 3.63) is 87.9 Å². The highest BCUT2D eigenvalue weighted by atomic mass is 79.9. The molecule has 0 bridgehead atoms. The third kappa shape index (κ3) is 6.20. The summed E-state index contributed by atoms with van der Waals surface area (Å²) in [6.07, 6.45) is 1.39. The summed E-state index contributed by atoms with van der Waals surface area (Å²) in [5.74, 6) is -0.576. The van der Waals surface area contributed by atoms with Crippen molar-refractivity contribution in [3.63, 3.8) is 0 Å². The van der Waals surface area contributed by atoms with E-state index < -0.39 is 5.91 Å². The summed E-state index contributed by atoms with van der Waals surface area (Å²) in [4.78, 5) is 26.9. The Bertz CT molecular complexity index is 1160. The zero-order valence-electron chi connectivity index (χ0n) is 18.4. The fourth-order valence-corrected chi connectivity index (χ4v) is 3.67. The Balaban J connectivity index is 1.59. The van der Waals surface area contributed by atoms with Crippen LogP contribution in [0.1, 0.15) is 40.1 Å². The van der Waals surface area contributed by atoms with Crippen molar-refractivity contribution in [3.8, 4) is 5.75 Å². The highest BCUT2D eigenvalue weighted by Gasteiger charge is 2.11. The van der Waals surface area contributed by atoms with Gasteiger partial charge in [0.1, 0.15) is 5.75 Å². The predicted molar refractivity (Wildman–Crippen MR) is 135 cm³/mol. The minimum Gasteiger partial charge on any atom is -0.507 e. The van der Waals surface area contributed by atoms with Crippen LogP contribution in [0.2, 0.25) is 0 Å². The minimum absolute atomic E-state index is 0.0857. The van der Waals surface area contributed by atoms with Crippen LogP contribution < -0.4 is 15.6 Å². The van der Waals surface area contributed by atoms with E-state index in [0.717, 1.165) is 18.8 Å². The molecule has 0 aliphatic heterocycles. The molecule has 8 heteroatoms. The van der Waals surface area contributed by atoms with Crippen LogP contribution in [0.25, 0.3) is 0 Å². The summed E-state index contributed by atoms with van der Waals surface area (Å²) in [5, 5.41) is 17.0. The summed E-state index contributed by atoms with van der Waals surface area (Å²) in [5.41, 5.74) is 5.32. The summed E-state index contributed by atoms with van der Waals surface area (Å²) in [7, 11) is 0. The molecular formula is C25H25BrN4O3. The Labute approximate surface area is 201 Å². The minimum atomic E-state index is -0.408. The largest absolute Gasteiger partial charge is 0.507 e. The number of benzene rings is 3. The van der Waals surface area contributed by atoms with Crippen LogP contribution in [0, 0.1) is 0 Å². The van der Waals surface area contributed by atoms with Gasteiger partial charge in [-0.1, -0.05) is 12.1 Å². The summed E-state index contributed by atoms with van der Waals surface area (Å²) >= 11 is 3.36. The van der Waals surface area contributed by atoms with E-state index in [1.54, 1.807) is 54.6 Å². The van der Waals surface area contributed by atoms with Gasteiger partial charge in [0.2, 0.25) is 0 Å². The van der Waals surface area contributed by atoms with Crippen molar-refractivity contribution < 1.29 is 14.7 Å². The first-order chi connectivity index (χ1) is 15.9. The zero-order chi connectivity index (χ0) is 23.8. The number of hydrogen-bond donors (Lipinski definition) is 3. The van der Waals surface area contributed by atoms with Crippen molar-refractivity contribution in [2.45, 2.75) is 13.8 Å². The Morgan fingerprint density at radius 3 is 2.33 bits per heavy atom. The topological polar surface area (TPSA) is 94.0 Å². The smallest absolute Gasteiger partial charge is 0.271 e. The number of nitrogens with zero attached hydrogens (tertiary/aromatic N) is 2. The predicted octanol–water partition coefficient (Wildman–Crippen LogP) is 5.02. The van der Waals surface area contributed by atoms with Crippen LogP contribution in [0.15, 0.2) is 76.3 Å². The molecule has 3 aromatic rings. The van der Waals surface area contributed by atoms with Crippen molar-refractivity contribution in [2.24, 2.45) is 5.10 Å². The number of phenolic OH excluding ortho intramolecular Hbond substituents is 1. The van der Waals surface area contributed by atoms with E-state index >= 15 is 0 Å². The van der Waals surface area contributed by atoms with Crippen LogP contribution in [-0.4, -0.2) is 36.2 Å². The number of hydrazone groups is 1. The summed E-state index contributed by atoms with van der Waals surface area (Å²) in [6, 6.07) is 18.9. The van der Waals surface area contributed by atoms with E-state index in [1.807, 2.05) is 26.0 Å². The third-order valence-electron chi connectivity index (χ3n) is 5.04. The summed E-state index contributed by atoms with van der Waals surface area (Å²) < 4.78 is 0.699. The fourth-order valence-electron chi connectivity index (χ4n) is 3.20. The molecule has 0 atom stereocenters. The van der Waals surface area contributed by atoms with Crippen molar-refractivity contribution >= 4 is 45.3 Å². The molecule has 0 aliphatic rings. The molecule has 0 aliphatic carbocycles. The van der Waals surface area contributed by atoms with Gasteiger partial charge in [-0.25, -0.2) is 5.43 Å². The number of halogens is 1. The normalized spacial score (nSPS) is 10.8. The Morgan fingerprint density at radius 2 is 1.70 bits per heavy atom. The molecule has 0 spiro atoms. The number of carbonyl (C=O) groups excluding carboxylic acids is 2. The number of carbonyl (C=O) groups is 2. The maximum absolute atomic E-state index is 12.4. The van der Waals surface area contributed by atoms with Gasteiger partial charge >= 0.3 is 0 Å². The molecule has 3 N–H and O–H groups in total. The second-order valence-corrected chi connectivity index (χ2v) is 7.98. The standard InChI is InChI=1S/C25H25BrN4O3/c1-3-30(4-2)20-14-11-18(23(31)15-20)16-27-29-24(32)17-9-12-19(13-10-17)28-25(33)21-7-5-6-8-22(21)26/h5-16,31H,3-4H2,1-2H3,(H,28,33)(H,29,32)/b27-16-. The number of aromatic hydroxyl groups is 1. The van der Waals surface area contributed by atoms with Crippen LogP contribution in [0.4, 0.5) is 11.4 Å². The molecule has 0 saturated heterocycles. The van der Waals surface area contributed by atoms with Crippen LogP contribution >= 0.6 is 15.9 Å². The zero-order valence-corrected chi connectivity index (χ0v) is 20.0. The molecule has 0 aromatic heterocycles. The van der Waals surface area contributed by atoms with E-state index in [2.05, 4.69) is 36.7 Å². The molecule has 0 radical (unpaired) electrons. The van der Waals surface area contributed by atoms with E-state index in [1.165, 1.54) is 6.21 Å². The highest BCUT2D eigenvalue weighted by molar-refractivity contribution is 9.10. The quantitative estimate of drug-likeness (QED) is 0.294. The SMILES string of the molecule is CCN(CC)c1ccc(/C=N\NC(=O)c2ccc(NC(=O)c3ccccc3Br)cc2)c(O)c1. The molecule has 0 unspecified atom stereocenters. The van der Waals surface area contributed by atoms with Crippen molar-refractivity contribution in [2.75, 3.05) is 23.3 Å². The van der Waals surface area contributed by atoms with E-state index in [4.69, 9.17) is 0 Å². The average molecular weight is 509 g/mol. The second-order valence-electron chi connectivity index (χ2n) is 7.13. The maximum atomic E-state index is 12.4. The number of rotatable bonds is 8. The van der Waals surface area contributed by atoms with E-state index in [-0.39, 0.29) is 11.7 Å². The average Bonchev–Trinajstić information content (AvgIpc) is 2.82. The number of hydrogen-bond acceptors (Lipinski definition) is 5. The first-order valence-corrected chi connectivity index (χ1v) is 11.3. The van der Waals surface area contributed by atoms with Crippen LogP contribution in [-0.2, 0) is 0 Å². The lowest BCUT2D eigenvalue weighted by atomic mass is 10.1. The third-order valence-corrected chi connectivity index (χ3v) is 5.73. The second kappa shape index (κ2) is 11.3. The molecule has 33 heavy (non-hydrogen) atoms. The summed E-state index contributed by atoms with van der Waals surface area (Å²) in [6.45, 7) is 5.78. The molecule has 3 rings (SSSR count). The molecular weight excluding hydrogens is 484 g/mol. The van der Waals surface area contributed by atoms with E-state index in [9.17, 15) is 14.7 Å². The van der Waals surface area contributed by atoms with E-state index in [0.29, 0.717) is 26.9 Å². The van der Waals surface area contributed by atoms with Gasteiger partial charge in [0, 0.05) is 46.1 Å². The van der Waals surface area contributed by atoms with Gasteiger partial charge < -0.3 is 15.3 Å². The van der Waals surface area contributed by atoms with Crippen molar-refractivity contribution in [1.82, 2.24) is 5.43 Å². The first-order valence-electron chi connectivity index (χ1n) is 10.5. The van der Waals surface area contributed by atoms with Crippen LogP contribution in [0.5, 0.6) is 5.75 Å². The molecule has 2 amide bonds. The number of phenols is 1. The lowest BCUT2D eigenvalue weighted by Crippen LogP contribution is -2.21. The number of anilines is 2. The van der Waals surface area contributed by atoms with Gasteiger partial charge in [-0.2, -0.15) is 5.10 Å². The maximum Gasteiger partial charge on any atom is 0.271 e. The molecule has 170 valence electrons. The number of amides is 2. The van der Waals surface area contributed by atoms with Gasteiger partial charge in [-0.15, -0.1) is 0 Å². The molecule has 3 aromatic carbocycles. The van der Waals surface area contributed by atoms with Gasteiger partial charge in [-0.3, -0.25) is 9.59 Å². The van der Waals surface area contributed by atoms with Gasteiger partial charge in [0.25, 0.3) is 11.8 Å². The fraction of sp³-hybridized carbons (Fsp3) is 0.160. The lowest BCUT2D eigenvalue weighted by Gasteiger charge is -2.21. The van der Waals surface area contributed by atoms with Crippen LogP contribution in [0.3, 0.4) is 0 Å². The number of nitrogens with one attached hydrogen (secondary N) is 2. The Hall–Kier alpha value is -3.65.